The van der Waals surface area contributed by atoms with E-state index in [4.69, 9.17) is 10.8 Å². The van der Waals surface area contributed by atoms with Crippen LogP contribution in [0.25, 0.3) is 0 Å². The Morgan fingerprint density at radius 3 is 2.44 bits per heavy atom. The lowest BCUT2D eigenvalue weighted by Crippen LogP contribution is -2.31. The summed E-state index contributed by atoms with van der Waals surface area (Å²) in [5, 5.41) is 8.73. The number of nitrogen functional groups attached to an aromatic ring is 1. The van der Waals surface area contributed by atoms with Crippen molar-refractivity contribution in [2.24, 2.45) is 0 Å². The highest BCUT2D eigenvalue weighted by Crippen LogP contribution is 2.30. The smallest absolute Gasteiger partial charge is 0.425 e. The second-order valence-corrected chi connectivity index (χ2v) is 3.48. The quantitative estimate of drug-likeness (QED) is 0.651. The summed E-state index contributed by atoms with van der Waals surface area (Å²) in [6.45, 7) is 0.700. The molecule has 1 atom stereocenters. The number of benzene rings is 1. The predicted molar refractivity (Wildman–Crippen MR) is 53.9 cm³/mol. The highest BCUT2D eigenvalue weighted by Gasteiger charge is 2.38. The van der Waals surface area contributed by atoms with Crippen molar-refractivity contribution < 1.29 is 32.2 Å². The molecule has 0 fully saturated rings. The van der Waals surface area contributed by atoms with Crippen LogP contribution in [0, 0.1) is 5.82 Å². The third-order valence-electron chi connectivity index (χ3n) is 2.09. The van der Waals surface area contributed by atoms with Crippen LogP contribution >= 0.6 is 0 Å². The number of anilines is 1. The van der Waals surface area contributed by atoms with Gasteiger partial charge in [-0.05, 0) is 13.0 Å². The first-order chi connectivity index (χ1) is 8.12. The Balaban J connectivity index is 3.15. The number of halogens is 4. The molecule has 0 heterocycles. The first kappa shape index (κ1) is 14.1. The zero-order valence-electron chi connectivity index (χ0n) is 9.08. The Bertz CT molecular complexity index is 473. The van der Waals surface area contributed by atoms with Gasteiger partial charge in [0.2, 0.25) is 0 Å². The second-order valence-electron chi connectivity index (χ2n) is 3.48. The van der Waals surface area contributed by atoms with E-state index in [9.17, 15) is 22.4 Å². The molecule has 0 aromatic heterocycles. The maximum Gasteiger partial charge on any atom is 0.425 e. The fraction of sp³-hybridized carbons (Fsp3) is 0.300. The number of aromatic carboxylic acids is 1. The molecule has 1 rings (SSSR count). The Morgan fingerprint density at radius 1 is 1.44 bits per heavy atom. The van der Waals surface area contributed by atoms with Gasteiger partial charge < -0.3 is 15.6 Å². The van der Waals surface area contributed by atoms with Gasteiger partial charge in [0.25, 0.3) is 0 Å². The summed E-state index contributed by atoms with van der Waals surface area (Å²) in [6, 6.07) is 1.22. The molecule has 0 bridgehead atoms. The van der Waals surface area contributed by atoms with Gasteiger partial charge in [0.05, 0.1) is 5.69 Å². The van der Waals surface area contributed by atoms with Crippen LogP contribution in [0.3, 0.4) is 0 Å². The van der Waals surface area contributed by atoms with Gasteiger partial charge in [0.15, 0.2) is 6.10 Å². The highest BCUT2D eigenvalue weighted by atomic mass is 19.4. The van der Waals surface area contributed by atoms with Gasteiger partial charge in [0.1, 0.15) is 17.1 Å². The number of carboxylic acids is 1. The Morgan fingerprint density at radius 2 is 2.00 bits per heavy atom. The minimum absolute atomic E-state index is 0.496. The average molecular weight is 267 g/mol. The van der Waals surface area contributed by atoms with Gasteiger partial charge in [-0.3, -0.25) is 0 Å². The largest absolute Gasteiger partial charge is 0.480 e. The minimum Gasteiger partial charge on any atom is -0.480 e. The van der Waals surface area contributed by atoms with Crippen molar-refractivity contribution in [1.82, 2.24) is 0 Å². The standard InChI is InChI=1S/C10H9F4NO3/c1-4(10(12,13)14)18-8-3-7(15)6(11)2-5(8)9(16)17/h2-4H,15H2,1H3,(H,16,17). The van der Waals surface area contributed by atoms with Crippen LogP contribution in [-0.4, -0.2) is 23.4 Å². The van der Waals surface area contributed by atoms with Crippen molar-refractivity contribution >= 4 is 11.7 Å². The molecule has 0 aliphatic heterocycles. The van der Waals surface area contributed by atoms with Crippen LogP contribution in [0.5, 0.6) is 5.75 Å². The van der Waals surface area contributed by atoms with Crippen LogP contribution < -0.4 is 10.5 Å². The predicted octanol–water partition coefficient (Wildman–Crippen LogP) is 2.44. The molecule has 100 valence electrons. The monoisotopic (exact) mass is 267 g/mol. The number of carboxylic acid groups (broad SMARTS) is 1. The summed E-state index contributed by atoms with van der Waals surface area (Å²) < 4.78 is 54.3. The van der Waals surface area contributed by atoms with E-state index in [1.807, 2.05) is 0 Å². The van der Waals surface area contributed by atoms with Gasteiger partial charge in [0, 0.05) is 6.07 Å². The van der Waals surface area contributed by atoms with Gasteiger partial charge in [-0.25, -0.2) is 9.18 Å². The molecule has 0 saturated heterocycles. The fourth-order valence-corrected chi connectivity index (χ4v) is 1.09. The van der Waals surface area contributed by atoms with E-state index < -0.39 is 41.1 Å². The molecule has 0 amide bonds. The fourth-order valence-electron chi connectivity index (χ4n) is 1.09. The zero-order valence-corrected chi connectivity index (χ0v) is 9.08. The normalized spacial score (nSPS) is 13.2. The average Bonchev–Trinajstić information content (AvgIpc) is 2.21. The molecule has 0 aliphatic rings. The molecule has 4 nitrogen and oxygen atoms in total. The lowest BCUT2D eigenvalue weighted by Gasteiger charge is -2.19. The lowest BCUT2D eigenvalue weighted by atomic mass is 10.1. The van der Waals surface area contributed by atoms with Gasteiger partial charge in [-0.1, -0.05) is 0 Å². The molecule has 1 aromatic carbocycles. The summed E-state index contributed by atoms with van der Waals surface area (Å²) in [4.78, 5) is 10.7. The number of ether oxygens (including phenoxy) is 1. The molecular weight excluding hydrogens is 258 g/mol. The van der Waals surface area contributed by atoms with Crippen molar-refractivity contribution in [1.29, 1.82) is 0 Å². The molecule has 0 aliphatic carbocycles. The van der Waals surface area contributed by atoms with Crippen molar-refractivity contribution in [2.45, 2.75) is 19.2 Å². The summed E-state index contributed by atoms with van der Waals surface area (Å²) in [7, 11) is 0. The number of hydrogen-bond donors (Lipinski definition) is 2. The Labute approximate surface area is 99.0 Å². The van der Waals surface area contributed by atoms with Gasteiger partial charge >= 0.3 is 12.1 Å². The molecular formula is C10H9F4NO3. The van der Waals surface area contributed by atoms with E-state index in [1.165, 1.54) is 0 Å². The topological polar surface area (TPSA) is 72.5 Å². The van der Waals surface area contributed by atoms with E-state index in [2.05, 4.69) is 4.74 Å². The Kier molecular flexibility index (Phi) is 3.68. The molecule has 0 radical (unpaired) electrons. The molecule has 0 saturated carbocycles. The number of carbonyl (C=O) groups is 1. The van der Waals surface area contributed by atoms with Crippen LogP contribution in [-0.2, 0) is 0 Å². The van der Waals surface area contributed by atoms with Crippen LogP contribution in [0.4, 0.5) is 23.2 Å². The first-order valence-corrected chi connectivity index (χ1v) is 4.68. The molecule has 1 unspecified atom stereocenters. The van der Waals surface area contributed by atoms with E-state index in [0.717, 1.165) is 0 Å². The summed E-state index contributed by atoms with van der Waals surface area (Å²) in [5.41, 5.74) is 3.93. The number of alkyl halides is 3. The zero-order chi connectivity index (χ0) is 14.1. The minimum atomic E-state index is -4.67. The van der Waals surface area contributed by atoms with Gasteiger partial charge in [-0.2, -0.15) is 13.2 Å². The third-order valence-corrected chi connectivity index (χ3v) is 2.09. The molecule has 3 N–H and O–H groups in total. The third kappa shape index (κ3) is 3.02. The van der Waals surface area contributed by atoms with Crippen molar-refractivity contribution in [2.75, 3.05) is 5.73 Å². The van der Waals surface area contributed by atoms with E-state index >= 15 is 0 Å². The van der Waals surface area contributed by atoms with Crippen LogP contribution in [0.1, 0.15) is 17.3 Å². The summed E-state index contributed by atoms with van der Waals surface area (Å²) >= 11 is 0. The molecule has 18 heavy (non-hydrogen) atoms. The maximum absolute atomic E-state index is 13.0. The summed E-state index contributed by atoms with van der Waals surface area (Å²) in [5.74, 6) is -3.29. The van der Waals surface area contributed by atoms with Crippen LogP contribution in [0.15, 0.2) is 12.1 Å². The van der Waals surface area contributed by atoms with Crippen molar-refractivity contribution in [3.05, 3.63) is 23.5 Å². The molecule has 8 heteroatoms. The highest BCUT2D eigenvalue weighted by molar-refractivity contribution is 5.91. The Hall–Kier alpha value is -1.99. The first-order valence-electron chi connectivity index (χ1n) is 4.68. The maximum atomic E-state index is 13.0. The van der Waals surface area contributed by atoms with Gasteiger partial charge in [-0.15, -0.1) is 0 Å². The number of rotatable bonds is 3. The second kappa shape index (κ2) is 4.71. The lowest BCUT2D eigenvalue weighted by molar-refractivity contribution is -0.189. The molecule has 0 spiro atoms. The number of hydrogen-bond acceptors (Lipinski definition) is 3. The van der Waals surface area contributed by atoms with E-state index in [0.29, 0.717) is 19.1 Å². The van der Waals surface area contributed by atoms with Crippen LogP contribution in [0.2, 0.25) is 0 Å². The molecule has 1 aromatic rings. The summed E-state index contributed by atoms with van der Waals surface area (Å²) in [6.07, 6.45) is -6.90. The van der Waals surface area contributed by atoms with E-state index in [-0.39, 0.29) is 0 Å². The van der Waals surface area contributed by atoms with E-state index in [1.54, 1.807) is 0 Å². The SMILES string of the molecule is CC(Oc1cc(N)c(F)cc1C(=O)O)C(F)(F)F. The van der Waals surface area contributed by atoms with Crippen molar-refractivity contribution in [3.8, 4) is 5.75 Å². The number of nitrogens with two attached hydrogens (primary N) is 1. The van der Waals surface area contributed by atoms with Crippen molar-refractivity contribution in [3.63, 3.8) is 0 Å².